The molecule has 1 fully saturated rings. The van der Waals surface area contributed by atoms with Crippen LogP contribution in [0.3, 0.4) is 0 Å². The topological polar surface area (TPSA) is 90.7 Å². The highest BCUT2D eigenvalue weighted by Gasteiger charge is 2.25. The van der Waals surface area contributed by atoms with Gasteiger partial charge in [0.2, 0.25) is 10.0 Å². The number of carbonyl (C=O) groups is 1. The minimum Gasteiger partial charge on any atom is -0.457 e. The Kier molecular flexibility index (Phi) is 6.75. The number of hydrogen-bond acceptors (Lipinski definition) is 6. The van der Waals surface area contributed by atoms with Gasteiger partial charge in [-0.15, -0.1) is 0 Å². The molecular formula is C22H25N3O4S. The minimum atomic E-state index is -3.68. The zero-order valence-electron chi connectivity index (χ0n) is 17.2. The molecule has 3 rings (SSSR count). The normalized spacial score (nSPS) is 14.4. The number of carbonyl (C=O) groups excluding carboxylic acids is 1. The third-order valence-electron chi connectivity index (χ3n) is 5.12. The molecule has 1 aliphatic heterocycles. The molecule has 0 saturated carbocycles. The van der Waals surface area contributed by atoms with Crippen LogP contribution >= 0.6 is 0 Å². The molecule has 0 N–H and O–H groups in total. The Hall–Kier alpha value is -2.89. The van der Waals surface area contributed by atoms with Gasteiger partial charge in [-0.05, 0) is 55.2 Å². The van der Waals surface area contributed by atoms with Crippen molar-refractivity contribution in [1.82, 2.24) is 4.31 Å². The number of sulfonamides is 1. The number of nitrogens with zero attached hydrogens (tertiary/aromatic N) is 3. The van der Waals surface area contributed by atoms with Gasteiger partial charge in [-0.3, -0.25) is 0 Å². The van der Waals surface area contributed by atoms with Gasteiger partial charge in [0.15, 0.2) is 0 Å². The lowest BCUT2D eigenvalue weighted by Crippen LogP contribution is -2.31. The molecule has 0 aromatic heterocycles. The lowest BCUT2D eigenvalue weighted by molar-refractivity contribution is 0.0473. The van der Waals surface area contributed by atoms with Crippen molar-refractivity contribution in [2.24, 2.45) is 0 Å². The summed E-state index contributed by atoms with van der Waals surface area (Å²) in [6, 6.07) is 13.5. The van der Waals surface area contributed by atoms with Crippen LogP contribution in [0.2, 0.25) is 0 Å². The predicted molar refractivity (Wildman–Crippen MR) is 114 cm³/mol. The van der Waals surface area contributed by atoms with Gasteiger partial charge in [0.25, 0.3) is 0 Å². The third-order valence-corrected chi connectivity index (χ3v) is 6.93. The molecule has 0 unspecified atom stereocenters. The highest BCUT2D eigenvalue weighted by atomic mass is 32.2. The van der Waals surface area contributed by atoms with Gasteiger partial charge < -0.3 is 9.64 Å². The van der Waals surface area contributed by atoms with Crippen molar-refractivity contribution in [2.75, 3.05) is 32.1 Å². The van der Waals surface area contributed by atoms with E-state index >= 15 is 0 Å². The van der Waals surface area contributed by atoms with Crippen LogP contribution in [-0.4, -0.2) is 45.9 Å². The summed E-state index contributed by atoms with van der Waals surface area (Å²) in [6.45, 7) is 1.67. The summed E-state index contributed by atoms with van der Waals surface area (Å²) in [7, 11) is -0.769. The van der Waals surface area contributed by atoms with Crippen LogP contribution < -0.4 is 4.90 Å². The van der Waals surface area contributed by atoms with E-state index in [9.17, 15) is 13.2 Å². The highest BCUT2D eigenvalue weighted by Crippen LogP contribution is 2.28. The molecule has 0 bridgehead atoms. The first-order chi connectivity index (χ1) is 14.3. The van der Waals surface area contributed by atoms with Gasteiger partial charge in [-0.25, -0.2) is 17.5 Å². The Morgan fingerprint density at radius 1 is 1.10 bits per heavy atom. The molecule has 8 heteroatoms. The smallest absolute Gasteiger partial charge is 0.340 e. The van der Waals surface area contributed by atoms with Gasteiger partial charge in [0.1, 0.15) is 6.61 Å². The average molecular weight is 428 g/mol. The summed E-state index contributed by atoms with van der Waals surface area (Å²) in [5.74, 6) is -0.573. The predicted octanol–water partition coefficient (Wildman–Crippen LogP) is 3.16. The number of nitriles is 1. The number of benzene rings is 2. The van der Waals surface area contributed by atoms with Crippen LogP contribution in [0.15, 0.2) is 47.4 Å². The summed E-state index contributed by atoms with van der Waals surface area (Å²) in [6.07, 6.45) is 3.19. The Morgan fingerprint density at radius 2 is 1.77 bits per heavy atom. The fraction of sp³-hybridized carbons (Fsp3) is 0.364. The highest BCUT2D eigenvalue weighted by molar-refractivity contribution is 7.89. The first-order valence-corrected chi connectivity index (χ1v) is 11.2. The molecule has 0 aliphatic carbocycles. The number of piperidine rings is 1. The molecule has 1 aliphatic rings. The van der Waals surface area contributed by atoms with Crippen LogP contribution in [0.4, 0.5) is 5.69 Å². The molecule has 2 aromatic carbocycles. The van der Waals surface area contributed by atoms with E-state index in [1.807, 2.05) is 6.07 Å². The van der Waals surface area contributed by atoms with Crippen molar-refractivity contribution < 1.29 is 17.9 Å². The monoisotopic (exact) mass is 427 g/mol. The second-order valence-electron chi connectivity index (χ2n) is 7.40. The van der Waals surface area contributed by atoms with Crippen molar-refractivity contribution in [2.45, 2.75) is 30.8 Å². The second kappa shape index (κ2) is 9.28. The Bertz CT molecular complexity index is 1050. The molecular weight excluding hydrogens is 402 g/mol. The lowest BCUT2D eigenvalue weighted by atomic mass is 10.1. The van der Waals surface area contributed by atoms with Crippen LogP contribution in [-0.2, 0) is 21.4 Å². The molecule has 7 nitrogen and oxygen atoms in total. The Labute approximate surface area is 177 Å². The summed E-state index contributed by atoms with van der Waals surface area (Å²) in [5, 5.41) is 8.89. The molecule has 1 saturated heterocycles. The number of esters is 1. The van der Waals surface area contributed by atoms with Crippen molar-refractivity contribution in [3.8, 4) is 6.07 Å². The van der Waals surface area contributed by atoms with E-state index in [4.69, 9.17) is 10.00 Å². The van der Waals surface area contributed by atoms with Gasteiger partial charge in [0.05, 0.1) is 27.8 Å². The summed E-state index contributed by atoms with van der Waals surface area (Å²) in [5.41, 5.74) is 2.21. The van der Waals surface area contributed by atoms with Gasteiger partial charge in [-0.1, -0.05) is 12.1 Å². The number of ether oxygens (including phenoxy) is 1. The van der Waals surface area contributed by atoms with Crippen molar-refractivity contribution in [3.63, 3.8) is 0 Å². The summed E-state index contributed by atoms with van der Waals surface area (Å²) >= 11 is 0. The van der Waals surface area contributed by atoms with Crippen molar-refractivity contribution in [3.05, 3.63) is 59.2 Å². The number of anilines is 1. The van der Waals surface area contributed by atoms with E-state index in [1.54, 1.807) is 30.3 Å². The van der Waals surface area contributed by atoms with E-state index in [2.05, 4.69) is 4.90 Å². The molecule has 0 atom stereocenters. The second-order valence-corrected chi connectivity index (χ2v) is 9.55. The van der Waals surface area contributed by atoms with Crippen LogP contribution in [0.25, 0.3) is 0 Å². The fourth-order valence-electron chi connectivity index (χ4n) is 3.36. The maximum atomic E-state index is 12.9. The minimum absolute atomic E-state index is 0.0363. The van der Waals surface area contributed by atoms with Crippen molar-refractivity contribution in [1.29, 1.82) is 5.26 Å². The number of rotatable bonds is 6. The van der Waals surface area contributed by atoms with Crippen LogP contribution in [0.1, 0.15) is 40.7 Å². The molecule has 0 spiro atoms. The summed E-state index contributed by atoms with van der Waals surface area (Å²) < 4.78 is 31.7. The average Bonchev–Trinajstić information content (AvgIpc) is 2.77. The first kappa shape index (κ1) is 21.8. The van der Waals surface area contributed by atoms with E-state index in [0.29, 0.717) is 11.3 Å². The van der Waals surface area contributed by atoms with Gasteiger partial charge >= 0.3 is 5.97 Å². The molecule has 0 radical (unpaired) electrons. The van der Waals surface area contributed by atoms with E-state index in [0.717, 1.165) is 42.2 Å². The van der Waals surface area contributed by atoms with E-state index < -0.39 is 16.0 Å². The maximum Gasteiger partial charge on any atom is 0.340 e. The molecule has 2 aromatic rings. The van der Waals surface area contributed by atoms with E-state index in [1.165, 1.54) is 26.2 Å². The van der Waals surface area contributed by atoms with Crippen molar-refractivity contribution >= 4 is 21.7 Å². The van der Waals surface area contributed by atoms with Crippen LogP contribution in [0, 0.1) is 11.3 Å². The largest absolute Gasteiger partial charge is 0.457 e. The molecule has 1 heterocycles. The van der Waals surface area contributed by atoms with Gasteiger partial charge in [-0.2, -0.15) is 5.26 Å². The zero-order chi connectivity index (χ0) is 21.7. The first-order valence-electron chi connectivity index (χ1n) is 9.80. The maximum absolute atomic E-state index is 12.9. The lowest BCUT2D eigenvalue weighted by Gasteiger charge is -2.30. The fourth-order valence-corrected chi connectivity index (χ4v) is 4.29. The van der Waals surface area contributed by atoms with E-state index in [-0.39, 0.29) is 17.1 Å². The quantitative estimate of drug-likeness (QED) is 0.658. The molecule has 30 heavy (non-hydrogen) atoms. The number of hydrogen-bond donors (Lipinski definition) is 0. The molecule has 158 valence electrons. The molecule has 0 amide bonds. The van der Waals surface area contributed by atoms with Crippen LogP contribution in [0.5, 0.6) is 0 Å². The third kappa shape index (κ3) is 4.81. The Morgan fingerprint density at radius 3 is 2.37 bits per heavy atom. The SMILES string of the molecule is CN(C)S(=O)(=O)c1ccc(N2CCCCC2)c(C(=O)OCc2ccc(C#N)cc2)c1. The zero-order valence-corrected chi connectivity index (χ0v) is 18.0. The van der Waals surface area contributed by atoms with Gasteiger partial charge in [0, 0.05) is 27.2 Å². The summed E-state index contributed by atoms with van der Waals surface area (Å²) in [4.78, 5) is 15.1. The Balaban J connectivity index is 1.89. The standard InChI is InChI=1S/C22H25N3O4S/c1-24(2)30(27,28)19-10-11-21(25-12-4-3-5-13-25)20(14-19)22(26)29-16-18-8-6-17(15-23)7-9-18/h6-11,14H,3-5,12-13,16H2,1-2H3.